The SMILES string of the molecule is O=C(c1cn[nH]c1)N1CCC[C@H]1CO. The van der Waals surface area contributed by atoms with Crippen molar-refractivity contribution in [3.05, 3.63) is 18.0 Å². The van der Waals surface area contributed by atoms with Crippen LogP contribution in [-0.2, 0) is 0 Å². The standard InChI is InChI=1S/C9H13N3O2/c13-6-8-2-1-3-12(8)9(14)7-4-10-11-5-7/h4-5,8,13H,1-3,6H2,(H,10,11)/t8-/m0/s1. The number of carbonyl (C=O) groups excluding carboxylic acids is 1. The van der Waals surface area contributed by atoms with Crippen LogP contribution < -0.4 is 0 Å². The van der Waals surface area contributed by atoms with Crippen molar-refractivity contribution in [2.24, 2.45) is 0 Å². The molecule has 1 aromatic heterocycles. The minimum Gasteiger partial charge on any atom is -0.394 e. The largest absolute Gasteiger partial charge is 0.394 e. The van der Waals surface area contributed by atoms with E-state index in [1.54, 1.807) is 11.1 Å². The summed E-state index contributed by atoms with van der Waals surface area (Å²) in [6.07, 6.45) is 4.94. The van der Waals surface area contributed by atoms with Crippen molar-refractivity contribution in [1.82, 2.24) is 15.1 Å². The first-order chi connectivity index (χ1) is 6.83. The summed E-state index contributed by atoms with van der Waals surface area (Å²) >= 11 is 0. The number of aliphatic hydroxyl groups is 1. The van der Waals surface area contributed by atoms with Crippen LogP contribution in [0.5, 0.6) is 0 Å². The molecule has 1 fully saturated rings. The molecule has 2 heterocycles. The van der Waals surface area contributed by atoms with Gasteiger partial charge in [0.15, 0.2) is 0 Å². The Labute approximate surface area is 81.7 Å². The van der Waals surface area contributed by atoms with E-state index < -0.39 is 0 Å². The molecule has 1 saturated heterocycles. The van der Waals surface area contributed by atoms with Crippen molar-refractivity contribution in [3.63, 3.8) is 0 Å². The number of aromatic amines is 1. The highest BCUT2D eigenvalue weighted by Crippen LogP contribution is 2.18. The summed E-state index contributed by atoms with van der Waals surface area (Å²) < 4.78 is 0. The molecule has 0 radical (unpaired) electrons. The molecule has 1 aliphatic rings. The third-order valence-corrected chi connectivity index (χ3v) is 2.59. The average Bonchev–Trinajstić information content (AvgIpc) is 2.87. The van der Waals surface area contributed by atoms with E-state index in [0.29, 0.717) is 5.56 Å². The fraction of sp³-hybridized carbons (Fsp3) is 0.556. The highest BCUT2D eigenvalue weighted by Gasteiger charge is 2.28. The first kappa shape index (κ1) is 9.21. The summed E-state index contributed by atoms with van der Waals surface area (Å²) in [5.74, 6) is -0.0460. The Morgan fingerprint density at radius 1 is 1.79 bits per heavy atom. The van der Waals surface area contributed by atoms with E-state index >= 15 is 0 Å². The third-order valence-electron chi connectivity index (χ3n) is 2.59. The molecule has 1 aromatic rings. The van der Waals surface area contributed by atoms with Crippen molar-refractivity contribution in [3.8, 4) is 0 Å². The van der Waals surface area contributed by atoms with Gasteiger partial charge in [-0.3, -0.25) is 9.89 Å². The average molecular weight is 195 g/mol. The molecule has 0 spiro atoms. The van der Waals surface area contributed by atoms with Gasteiger partial charge in [-0.1, -0.05) is 0 Å². The molecule has 76 valence electrons. The molecule has 0 aliphatic carbocycles. The Bertz CT molecular complexity index is 310. The number of H-pyrrole nitrogens is 1. The Morgan fingerprint density at radius 2 is 2.64 bits per heavy atom. The van der Waals surface area contributed by atoms with E-state index in [0.717, 1.165) is 19.4 Å². The zero-order chi connectivity index (χ0) is 9.97. The van der Waals surface area contributed by atoms with E-state index in [2.05, 4.69) is 10.2 Å². The van der Waals surface area contributed by atoms with E-state index in [4.69, 9.17) is 5.11 Å². The van der Waals surface area contributed by atoms with Gasteiger partial charge >= 0.3 is 0 Å². The Kier molecular flexibility index (Phi) is 2.49. The van der Waals surface area contributed by atoms with Crippen LogP contribution in [0.25, 0.3) is 0 Å². The van der Waals surface area contributed by atoms with Gasteiger partial charge in [0.2, 0.25) is 0 Å². The second-order valence-electron chi connectivity index (χ2n) is 3.46. The predicted molar refractivity (Wildman–Crippen MR) is 49.7 cm³/mol. The number of carbonyl (C=O) groups is 1. The lowest BCUT2D eigenvalue weighted by Gasteiger charge is -2.22. The molecule has 1 amide bonds. The normalized spacial score (nSPS) is 21.5. The summed E-state index contributed by atoms with van der Waals surface area (Å²) in [6.45, 7) is 0.777. The lowest BCUT2D eigenvalue weighted by Crippen LogP contribution is -2.37. The van der Waals surface area contributed by atoms with Crippen molar-refractivity contribution in [2.45, 2.75) is 18.9 Å². The maximum atomic E-state index is 11.8. The summed E-state index contributed by atoms with van der Waals surface area (Å²) in [7, 11) is 0. The molecular formula is C9H13N3O2. The molecule has 5 nitrogen and oxygen atoms in total. The molecule has 2 rings (SSSR count). The quantitative estimate of drug-likeness (QED) is 0.698. The Balaban J connectivity index is 2.11. The first-order valence-corrected chi connectivity index (χ1v) is 4.73. The van der Waals surface area contributed by atoms with Gasteiger partial charge < -0.3 is 10.0 Å². The second kappa shape index (κ2) is 3.79. The number of hydrogen-bond acceptors (Lipinski definition) is 3. The minimum atomic E-state index is -0.0460. The van der Waals surface area contributed by atoms with Crippen molar-refractivity contribution in [1.29, 1.82) is 0 Å². The van der Waals surface area contributed by atoms with Crippen LogP contribution >= 0.6 is 0 Å². The zero-order valence-electron chi connectivity index (χ0n) is 7.81. The molecule has 0 saturated carbocycles. The second-order valence-corrected chi connectivity index (χ2v) is 3.46. The molecule has 2 N–H and O–H groups in total. The van der Waals surface area contributed by atoms with Gasteiger partial charge in [-0.15, -0.1) is 0 Å². The van der Waals surface area contributed by atoms with Gasteiger partial charge in [-0.2, -0.15) is 5.10 Å². The number of amides is 1. The lowest BCUT2D eigenvalue weighted by molar-refractivity contribution is 0.0677. The number of aromatic nitrogens is 2. The zero-order valence-corrected chi connectivity index (χ0v) is 7.81. The van der Waals surface area contributed by atoms with Crippen molar-refractivity contribution < 1.29 is 9.90 Å². The number of rotatable bonds is 2. The van der Waals surface area contributed by atoms with Gasteiger partial charge in [0.05, 0.1) is 24.4 Å². The van der Waals surface area contributed by atoms with E-state index in [1.807, 2.05) is 0 Å². The van der Waals surface area contributed by atoms with Gasteiger partial charge in [-0.05, 0) is 12.8 Å². The number of nitrogens with one attached hydrogen (secondary N) is 1. The number of nitrogens with zero attached hydrogens (tertiary/aromatic N) is 2. The fourth-order valence-corrected chi connectivity index (χ4v) is 1.83. The maximum Gasteiger partial charge on any atom is 0.257 e. The van der Waals surface area contributed by atoms with Crippen LogP contribution in [0.15, 0.2) is 12.4 Å². The van der Waals surface area contributed by atoms with Crippen molar-refractivity contribution >= 4 is 5.91 Å². The summed E-state index contributed by atoms with van der Waals surface area (Å²) in [5, 5.41) is 15.4. The van der Waals surface area contributed by atoms with Crippen LogP contribution in [0.3, 0.4) is 0 Å². The number of aliphatic hydroxyl groups excluding tert-OH is 1. The molecule has 0 bridgehead atoms. The molecule has 0 unspecified atom stereocenters. The van der Waals surface area contributed by atoms with Crippen LogP contribution in [0.2, 0.25) is 0 Å². The van der Waals surface area contributed by atoms with Crippen molar-refractivity contribution in [2.75, 3.05) is 13.2 Å². The fourth-order valence-electron chi connectivity index (χ4n) is 1.83. The molecule has 0 aromatic carbocycles. The minimum absolute atomic E-state index is 0.0163. The van der Waals surface area contributed by atoms with Crippen LogP contribution in [0.4, 0.5) is 0 Å². The van der Waals surface area contributed by atoms with E-state index in [1.165, 1.54) is 6.20 Å². The maximum absolute atomic E-state index is 11.8. The van der Waals surface area contributed by atoms with Gasteiger partial charge in [0.25, 0.3) is 5.91 Å². The lowest BCUT2D eigenvalue weighted by atomic mass is 10.2. The topological polar surface area (TPSA) is 69.2 Å². The highest BCUT2D eigenvalue weighted by molar-refractivity contribution is 5.94. The van der Waals surface area contributed by atoms with Crippen LogP contribution in [-0.4, -0.2) is 45.3 Å². The monoisotopic (exact) mass is 195 g/mol. The highest BCUT2D eigenvalue weighted by atomic mass is 16.3. The molecule has 1 aliphatic heterocycles. The number of likely N-dealkylation sites (tertiary alicyclic amines) is 1. The summed E-state index contributed by atoms with van der Waals surface area (Å²) in [5.41, 5.74) is 0.561. The van der Waals surface area contributed by atoms with E-state index in [9.17, 15) is 4.79 Å². The van der Waals surface area contributed by atoms with Gasteiger partial charge in [0, 0.05) is 12.7 Å². The Morgan fingerprint density at radius 3 is 3.29 bits per heavy atom. The smallest absolute Gasteiger partial charge is 0.257 e. The molecule has 14 heavy (non-hydrogen) atoms. The molecular weight excluding hydrogens is 182 g/mol. The van der Waals surface area contributed by atoms with Gasteiger partial charge in [0.1, 0.15) is 0 Å². The predicted octanol–water partition coefficient (Wildman–Crippen LogP) is 0.00660. The van der Waals surface area contributed by atoms with E-state index in [-0.39, 0.29) is 18.6 Å². The molecule has 1 atom stereocenters. The summed E-state index contributed by atoms with van der Waals surface area (Å²) in [4.78, 5) is 13.5. The van der Waals surface area contributed by atoms with Crippen LogP contribution in [0.1, 0.15) is 23.2 Å². The third kappa shape index (κ3) is 1.50. The molecule has 5 heteroatoms. The Hall–Kier alpha value is -1.36. The van der Waals surface area contributed by atoms with Gasteiger partial charge in [-0.25, -0.2) is 0 Å². The van der Waals surface area contributed by atoms with Crippen LogP contribution in [0, 0.1) is 0 Å². The first-order valence-electron chi connectivity index (χ1n) is 4.73. The summed E-state index contributed by atoms with van der Waals surface area (Å²) in [6, 6.07) is -0.0163. The number of hydrogen-bond donors (Lipinski definition) is 2.